The number of halogens is 1. The molecule has 1 aromatic heterocycles. The maximum Gasteiger partial charge on any atom is 0.124 e. The molecule has 0 bridgehead atoms. The second kappa shape index (κ2) is 5.46. The summed E-state index contributed by atoms with van der Waals surface area (Å²) in [6, 6.07) is 7.77. The van der Waals surface area contributed by atoms with Crippen molar-refractivity contribution in [2.45, 2.75) is 38.5 Å². The summed E-state index contributed by atoms with van der Waals surface area (Å²) in [5.74, 6) is 0.922. The van der Waals surface area contributed by atoms with E-state index in [1.165, 1.54) is 5.56 Å². The molecule has 0 aliphatic carbocycles. The Morgan fingerprint density at radius 1 is 1.50 bits per heavy atom. The van der Waals surface area contributed by atoms with Crippen LogP contribution in [0.15, 0.2) is 30.5 Å². The second-order valence-electron chi connectivity index (χ2n) is 5.09. The first-order chi connectivity index (χ1) is 9.70. The normalized spacial score (nSPS) is 18.6. The van der Waals surface area contributed by atoms with Crippen molar-refractivity contribution in [1.82, 2.24) is 9.78 Å². The zero-order chi connectivity index (χ0) is 14.1. The van der Waals surface area contributed by atoms with E-state index in [-0.39, 0.29) is 12.1 Å². The van der Waals surface area contributed by atoms with Gasteiger partial charge in [0.1, 0.15) is 11.9 Å². The first-order valence-electron chi connectivity index (χ1n) is 6.92. The van der Waals surface area contributed by atoms with E-state index in [4.69, 9.17) is 22.1 Å². The van der Waals surface area contributed by atoms with Gasteiger partial charge in [0.2, 0.25) is 0 Å². The molecule has 20 heavy (non-hydrogen) atoms. The highest BCUT2D eigenvalue weighted by molar-refractivity contribution is 6.31. The molecule has 106 valence electrons. The van der Waals surface area contributed by atoms with Crippen LogP contribution < -0.4 is 10.5 Å². The molecule has 2 aromatic rings. The molecule has 1 aliphatic heterocycles. The lowest BCUT2D eigenvalue weighted by atomic mass is 10.0. The van der Waals surface area contributed by atoms with Gasteiger partial charge in [0, 0.05) is 13.0 Å². The number of ether oxygens (including phenoxy) is 1. The number of nitrogens with zero attached hydrogens (tertiary/aromatic N) is 2. The van der Waals surface area contributed by atoms with Crippen molar-refractivity contribution in [2.24, 2.45) is 5.73 Å². The number of aromatic nitrogens is 2. The fraction of sp³-hybridized carbons (Fsp3) is 0.400. The number of para-hydroxylation sites is 1. The largest absolute Gasteiger partial charge is 0.488 e. The molecule has 0 amide bonds. The average molecular weight is 292 g/mol. The topological polar surface area (TPSA) is 53.1 Å². The van der Waals surface area contributed by atoms with Crippen molar-refractivity contribution in [3.05, 3.63) is 46.7 Å². The third-order valence-corrected chi connectivity index (χ3v) is 3.95. The monoisotopic (exact) mass is 291 g/mol. The summed E-state index contributed by atoms with van der Waals surface area (Å²) in [6.45, 7) is 2.92. The Morgan fingerprint density at radius 2 is 2.30 bits per heavy atom. The van der Waals surface area contributed by atoms with Gasteiger partial charge in [0.25, 0.3) is 0 Å². The lowest BCUT2D eigenvalue weighted by Gasteiger charge is -2.20. The Hall–Kier alpha value is -1.52. The number of benzene rings is 1. The van der Waals surface area contributed by atoms with Crippen LogP contribution in [-0.4, -0.2) is 15.9 Å². The van der Waals surface area contributed by atoms with Crippen LogP contribution in [0.2, 0.25) is 5.02 Å². The van der Waals surface area contributed by atoms with E-state index in [1.807, 2.05) is 22.9 Å². The van der Waals surface area contributed by atoms with Crippen molar-refractivity contribution >= 4 is 11.6 Å². The Balaban J connectivity index is 1.84. The SMILES string of the molecule is CCCn1ncc(Cl)c1C(N)C1Cc2ccccc2O1. The Labute approximate surface area is 123 Å². The minimum absolute atomic E-state index is 0.0859. The third kappa shape index (κ3) is 2.30. The van der Waals surface area contributed by atoms with Crippen molar-refractivity contribution < 1.29 is 4.74 Å². The van der Waals surface area contributed by atoms with Gasteiger partial charge < -0.3 is 10.5 Å². The van der Waals surface area contributed by atoms with Crippen LogP contribution in [0.25, 0.3) is 0 Å². The number of hydrogen-bond acceptors (Lipinski definition) is 3. The maximum atomic E-state index is 6.39. The number of hydrogen-bond donors (Lipinski definition) is 1. The van der Waals surface area contributed by atoms with Crippen LogP contribution in [0.4, 0.5) is 0 Å². The molecule has 0 radical (unpaired) electrons. The fourth-order valence-corrected chi connectivity index (χ4v) is 2.95. The van der Waals surface area contributed by atoms with E-state index < -0.39 is 0 Å². The third-order valence-electron chi connectivity index (χ3n) is 3.66. The molecule has 0 saturated heterocycles. The summed E-state index contributed by atoms with van der Waals surface area (Å²) < 4.78 is 7.84. The van der Waals surface area contributed by atoms with Gasteiger partial charge in [-0.15, -0.1) is 0 Å². The predicted molar refractivity (Wildman–Crippen MR) is 79.0 cm³/mol. The molecule has 4 nitrogen and oxygen atoms in total. The minimum atomic E-state index is -0.274. The highest BCUT2D eigenvalue weighted by atomic mass is 35.5. The van der Waals surface area contributed by atoms with Crippen LogP contribution in [0.5, 0.6) is 5.75 Å². The van der Waals surface area contributed by atoms with Crippen molar-refractivity contribution in [3.63, 3.8) is 0 Å². The summed E-state index contributed by atoms with van der Waals surface area (Å²) in [6.07, 6.45) is 3.38. The van der Waals surface area contributed by atoms with Gasteiger partial charge in [-0.25, -0.2) is 0 Å². The van der Waals surface area contributed by atoms with Gasteiger partial charge in [-0.05, 0) is 18.1 Å². The molecule has 0 fully saturated rings. The van der Waals surface area contributed by atoms with E-state index in [0.717, 1.165) is 30.8 Å². The van der Waals surface area contributed by atoms with E-state index in [0.29, 0.717) is 5.02 Å². The summed E-state index contributed by atoms with van der Waals surface area (Å²) in [4.78, 5) is 0. The zero-order valence-corrected chi connectivity index (χ0v) is 12.2. The van der Waals surface area contributed by atoms with Crippen molar-refractivity contribution in [1.29, 1.82) is 0 Å². The molecule has 3 rings (SSSR count). The smallest absolute Gasteiger partial charge is 0.124 e. The summed E-state index contributed by atoms with van der Waals surface area (Å²) in [5.41, 5.74) is 8.45. The van der Waals surface area contributed by atoms with Gasteiger partial charge in [-0.2, -0.15) is 5.10 Å². The fourth-order valence-electron chi connectivity index (χ4n) is 2.68. The molecule has 2 N–H and O–H groups in total. The van der Waals surface area contributed by atoms with Crippen molar-refractivity contribution in [2.75, 3.05) is 0 Å². The molecular weight excluding hydrogens is 274 g/mol. The van der Waals surface area contributed by atoms with Crippen LogP contribution in [0, 0.1) is 0 Å². The first kappa shape index (κ1) is 13.5. The Morgan fingerprint density at radius 3 is 3.05 bits per heavy atom. The minimum Gasteiger partial charge on any atom is -0.488 e. The van der Waals surface area contributed by atoms with Crippen LogP contribution >= 0.6 is 11.6 Å². The molecule has 0 spiro atoms. The zero-order valence-electron chi connectivity index (χ0n) is 11.4. The van der Waals surface area contributed by atoms with Crippen LogP contribution in [0.1, 0.15) is 30.6 Å². The summed E-state index contributed by atoms with van der Waals surface area (Å²) in [7, 11) is 0. The van der Waals surface area contributed by atoms with Crippen LogP contribution in [0.3, 0.4) is 0 Å². The van der Waals surface area contributed by atoms with Gasteiger partial charge in [0.15, 0.2) is 0 Å². The first-order valence-corrected chi connectivity index (χ1v) is 7.30. The summed E-state index contributed by atoms with van der Waals surface area (Å²) in [5, 5.41) is 4.91. The van der Waals surface area contributed by atoms with E-state index in [1.54, 1.807) is 6.20 Å². The van der Waals surface area contributed by atoms with Gasteiger partial charge in [-0.1, -0.05) is 36.7 Å². The van der Waals surface area contributed by atoms with Gasteiger partial charge >= 0.3 is 0 Å². The molecule has 0 saturated carbocycles. The quantitative estimate of drug-likeness (QED) is 0.942. The molecule has 1 aromatic carbocycles. The lowest BCUT2D eigenvalue weighted by molar-refractivity contribution is 0.194. The average Bonchev–Trinajstić information content (AvgIpc) is 3.02. The molecule has 1 aliphatic rings. The predicted octanol–water partition coefficient (Wildman–Crippen LogP) is 2.95. The van der Waals surface area contributed by atoms with E-state index >= 15 is 0 Å². The molecule has 2 unspecified atom stereocenters. The highest BCUT2D eigenvalue weighted by Crippen LogP contribution is 2.34. The lowest BCUT2D eigenvalue weighted by Crippen LogP contribution is -2.32. The van der Waals surface area contributed by atoms with Gasteiger partial charge in [0.05, 0.1) is 23.0 Å². The highest BCUT2D eigenvalue weighted by Gasteiger charge is 2.32. The number of fused-ring (bicyclic) bond motifs is 1. The molecule has 5 heteroatoms. The molecule has 2 atom stereocenters. The number of aryl methyl sites for hydroxylation is 1. The second-order valence-corrected chi connectivity index (χ2v) is 5.50. The standard InChI is InChI=1S/C15H18ClN3O/c1-2-7-19-15(11(16)9-18-19)14(17)13-8-10-5-3-4-6-12(10)20-13/h3-6,9,13-14H,2,7-8,17H2,1H3. The summed E-state index contributed by atoms with van der Waals surface area (Å²) >= 11 is 6.25. The Kier molecular flexibility index (Phi) is 3.68. The number of nitrogens with two attached hydrogens (primary N) is 1. The molecular formula is C15H18ClN3O. The van der Waals surface area contributed by atoms with E-state index in [2.05, 4.69) is 18.1 Å². The van der Waals surface area contributed by atoms with E-state index in [9.17, 15) is 0 Å². The number of rotatable bonds is 4. The van der Waals surface area contributed by atoms with Gasteiger partial charge in [-0.3, -0.25) is 4.68 Å². The maximum absolute atomic E-state index is 6.39. The Bertz CT molecular complexity index is 586. The van der Waals surface area contributed by atoms with Crippen LogP contribution in [-0.2, 0) is 13.0 Å². The molecule has 2 heterocycles. The van der Waals surface area contributed by atoms with Crippen molar-refractivity contribution in [3.8, 4) is 5.75 Å².